The SMILES string of the molecule is CCN1C(=O)C(C)(C)c2ccc(-c3cnc(C)nc3)cc2C1C. The van der Waals surface area contributed by atoms with Crippen LogP contribution in [-0.4, -0.2) is 27.3 Å². The van der Waals surface area contributed by atoms with Crippen LogP contribution in [-0.2, 0) is 10.2 Å². The first-order valence-electron chi connectivity index (χ1n) is 8.10. The number of carbonyl (C=O) groups is 1. The van der Waals surface area contributed by atoms with Gasteiger partial charge in [-0.25, -0.2) is 9.97 Å². The highest BCUT2D eigenvalue weighted by Crippen LogP contribution is 2.41. The van der Waals surface area contributed by atoms with Crippen LogP contribution in [0.1, 0.15) is 50.7 Å². The minimum Gasteiger partial charge on any atom is -0.335 e. The summed E-state index contributed by atoms with van der Waals surface area (Å²) in [4.78, 5) is 23.3. The van der Waals surface area contributed by atoms with Crippen molar-refractivity contribution in [2.75, 3.05) is 6.54 Å². The summed E-state index contributed by atoms with van der Waals surface area (Å²) in [6.45, 7) is 10.8. The first kappa shape index (κ1) is 15.7. The quantitative estimate of drug-likeness (QED) is 0.850. The summed E-state index contributed by atoms with van der Waals surface area (Å²) in [6, 6.07) is 6.43. The number of hydrogen-bond acceptors (Lipinski definition) is 3. The highest BCUT2D eigenvalue weighted by atomic mass is 16.2. The normalized spacial score (nSPS) is 19.6. The van der Waals surface area contributed by atoms with E-state index in [0.717, 1.165) is 29.1 Å². The Bertz CT molecular complexity index is 750. The van der Waals surface area contributed by atoms with Crippen molar-refractivity contribution in [1.29, 1.82) is 0 Å². The van der Waals surface area contributed by atoms with E-state index in [0.29, 0.717) is 0 Å². The van der Waals surface area contributed by atoms with Crippen molar-refractivity contribution in [3.8, 4) is 11.1 Å². The van der Waals surface area contributed by atoms with Crippen LogP contribution in [0.15, 0.2) is 30.6 Å². The first-order chi connectivity index (χ1) is 10.9. The van der Waals surface area contributed by atoms with E-state index in [-0.39, 0.29) is 11.9 Å². The van der Waals surface area contributed by atoms with E-state index >= 15 is 0 Å². The zero-order valence-electron chi connectivity index (χ0n) is 14.4. The highest BCUT2D eigenvalue weighted by Gasteiger charge is 2.42. The molecule has 2 heterocycles. The molecular weight excluding hydrogens is 286 g/mol. The summed E-state index contributed by atoms with van der Waals surface area (Å²) < 4.78 is 0. The molecule has 1 aromatic heterocycles. The van der Waals surface area contributed by atoms with Crippen molar-refractivity contribution in [3.63, 3.8) is 0 Å². The molecule has 0 spiro atoms. The number of hydrogen-bond donors (Lipinski definition) is 0. The van der Waals surface area contributed by atoms with Crippen molar-refractivity contribution >= 4 is 5.91 Å². The second kappa shape index (κ2) is 5.44. The lowest BCUT2D eigenvalue weighted by Crippen LogP contribution is -2.49. The molecule has 0 fully saturated rings. The van der Waals surface area contributed by atoms with Crippen molar-refractivity contribution in [2.24, 2.45) is 0 Å². The zero-order chi connectivity index (χ0) is 16.8. The molecule has 1 amide bonds. The van der Waals surface area contributed by atoms with Gasteiger partial charge in [0.1, 0.15) is 5.82 Å². The average Bonchev–Trinajstić information content (AvgIpc) is 2.54. The van der Waals surface area contributed by atoms with Crippen LogP contribution in [0.3, 0.4) is 0 Å². The van der Waals surface area contributed by atoms with Crippen molar-refractivity contribution in [3.05, 3.63) is 47.5 Å². The van der Waals surface area contributed by atoms with Gasteiger partial charge in [0.2, 0.25) is 5.91 Å². The molecule has 3 rings (SSSR count). The molecule has 0 N–H and O–H groups in total. The molecule has 0 saturated heterocycles. The molecule has 23 heavy (non-hydrogen) atoms. The third-order valence-corrected chi connectivity index (χ3v) is 4.89. The molecular formula is C19H23N3O. The predicted molar refractivity (Wildman–Crippen MR) is 91.0 cm³/mol. The maximum atomic E-state index is 12.7. The molecule has 0 radical (unpaired) electrons. The second-order valence-corrected chi connectivity index (χ2v) is 6.71. The Morgan fingerprint density at radius 2 is 1.83 bits per heavy atom. The molecule has 4 heteroatoms. The van der Waals surface area contributed by atoms with Gasteiger partial charge >= 0.3 is 0 Å². The Kier molecular flexibility index (Phi) is 3.71. The van der Waals surface area contributed by atoms with E-state index in [1.54, 1.807) is 0 Å². The zero-order valence-corrected chi connectivity index (χ0v) is 14.4. The molecule has 120 valence electrons. The summed E-state index contributed by atoms with van der Waals surface area (Å²) in [5, 5.41) is 0. The molecule has 4 nitrogen and oxygen atoms in total. The van der Waals surface area contributed by atoms with Crippen LogP contribution in [0.4, 0.5) is 0 Å². The van der Waals surface area contributed by atoms with Crippen LogP contribution in [0.2, 0.25) is 0 Å². The van der Waals surface area contributed by atoms with Crippen molar-refractivity contribution in [2.45, 2.75) is 46.1 Å². The molecule has 0 aliphatic carbocycles. The number of fused-ring (bicyclic) bond motifs is 1. The maximum Gasteiger partial charge on any atom is 0.233 e. The second-order valence-electron chi connectivity index (χ2n) is 6.71. The maximum absolute atomic E-state index is 12.7. The van der Waals surface area contributed by atoms with Crippen LogP contribution in [0.5, 0.6) is 0 Å². The molecule has 2 aromatic rings. The van der Waals surface area contributed by atoms with Crippen LogP contribution in [0, 0.1) is 6.92 Å². The summed E-state index contributed by atoms with van der Waals surface area (Å²) in [5.74, 6) is 0.968. The van der Waals surface area contributed by atoms with Gasteiger partial charge in [0, 0.05) is 24.5 Å². The number of benzene rings is 1. The molecule has 1 aliphatic heterocycles. The predicted octanol–water partition coefficient (Wildman–Crippen LogP) is 3.65. The van der Waals surface area contributed by atoms with Crippen LogP contribution < -0.4 is 0 Å². The van der Waals surface area contributed by atoms with E-state index in [1.165, 1.54) is 5.56 Å². The first-order valence-corrected chi connectivity index (χ1v) is 8.10. The lowest BCUT2D eigenvalue weighted by molar-refractivity contribution is -0.139. The third kappa shape index (κ3) is 2.42. The number of aryl methyl sites for hydroxylation is 1. The van der Waals surface area contributed by atoms with Gasteiger partial charge in [-0.2, -0.15) is 0 Å². The number of rotatable bonds is 2. The fraction of sp³-hybridized carbons (Fsp3) is 0.421. The molecule has 0 saturated carbocycles. The molecule has 1 atom stereocenters. The molecule has 1 aromatic carbocycles. The monoisotopic (exact) mass is 309 g/mol. The Hall–Kier alpha value is -2.23. The van der Waals surface area contributed by atoms with E-state index in [1.807, 2.05) is 45.0 Å². The Morgan fingerprint density at radius 1 is 1.17 bits per heavy atom. The molecule has 0 bridgehead atoms. The van der Waals surface area contributed by atoms with Crippen LogP contribution in [0.25, 0.3) is 11.1 Å². The van der Waals surface area contributed by atoms with E-state index in [4.69, 9.17) is 0 Å². The summed E-state index contributed by atoms with van der Waals surface area (Å²) in [6.07, 6.45) is 3.71. The summed E-state index contributed by atoms with van der Waals surface area (Å²) in [5.41, 5.74) is 3.95. The fourth-order valence-electron chi connectivity index (χ4n) is 3.43. The molecule has 1 unspecified atom stereocenters. The molecule has 1 aliphatic rings. The minimum absolute atomic E-state index is 0.0850. The van der Waals surface area contributed by atoms with Gasteiger partial charge < -0.3 is 4.90 Å². The van der Waals surface area contributed by atoms with Crippen molar-refractivity contribution in [1.82, 2.24) is 14.9 Å². The lowest BCUT2D eigenvalue weighted by Gasteiger charge is -2.43. The standard InChI is InChI=1S/C19H23N3O/c1-6-22-12(2)16-9-14(15-10-20-13(3)21-11-15)7-8-17(16)19(4,5)18(22)23/h7-12H,6H2,1-5H3. The van der Waals surface area contributed by atoms with Gasteiger partial charge in [-0.15, -0.1) is 0 Å². The number of aromatic nitrogens is 2. The fourth-order valence-corrected chi connectivity index (χ4v) is 3.43. The average molecular weight is 309 g/mol. The minimum atomic E-state index is -0.486. The number of carbonyl (C=O) groups excluding carboxylic acids is 1. The van der Waals surface area contributed by atoms with Crippen molar-refractivity contribution < 1.29 is 4.79 Å². The van der Waals surface area contributed by atoms with E-state index in [9.17, 15) is 4.79 Å². The lowest BCUT2D eigenvalue weighted by atomic mass is 9.74. The van der Waals surface area contributed by atoms with Gasteiger partial charge in [0.15, 0.2) is 0 Å². The van der Waals surface area contributed by atoms with Gasteiger partial charge in [-0.05, 0) is 57.4 Å². The Morgan fingerprint density at radius 3 is 2.43 bits per heavy atom. The van der Waals surface area contributed by atoms with Gasteiger partial charge in [0.25, 0.3) is 0 Å². The van der Waals surface area contributed by atoms with E-state index < -0.39 is 5.41 Å². The smallest absolute Gasteiger partial charge is 0.233 e. The van der Waals surface area contributed by atoms with E-state index in [2.05, 4.69) is 35.1 Å². The third-order valence-electron chi connectivity index (χ3n) is 4.89. The summed E-state index contributed by atoms with van der Waals surface area (Å²) in [7, 11) is 0. The van der Waals surface area contributed by atoms with Gasteiger partial charge in [-0.1, -0.05) is 12.1 Å². The van der Waals surface area contributed by atoms with Gasteiger partial charge in [0.05, 0.1) is 11.5 Å². The largest absolute Gasteiger partial charge is 0.335 e. The van der Waals surface area contributed by atoms with Crippen LogP contribution >= 0.6 is 0 Å². The highest BCUT2D eigenvalue weighted by molar-refractivity contribution is 5.90. The topological polar surface area (TPSA) is 46.1 Å². The Labute approximate surface area is 137 Å². The number of likely N-dealkylation sites (N-methyl/N-ethyl adjacent to an activating group) is 1. The van der Waals surface area contributed by atoms with Gasteiger partial charge in [-0.3, -0.25) is 4.79 Å². The Balaban J connectivity index is 2.13. The number of nitrogens with zero attached hydrogens (tertiary/aromatic N) is 3. The summed E-state index contributed by atoms with van der Waals surface area (Å²) >= 11 is 0. The number of amides is 1.